The molecule has 0 amide bonds. The van der Waals surface area contributed by atoms with Crippen LogP contribution in [0.3, 0.4) is 0 Å². The maximum atomic E-state index is 13.2. The van der Waals surface area contributed by atoms with Gasteiger partial charge in [0.05, 0.1) is 6.34 Å². The molecule has 1 atom stereocenters. The number of allylic oxidation sites excluding steroid dienone is 2. The van der Waals surface area contributed by atoms with Crippen LogP contribution in [0.5, 0.6) is 0 Å². The third kappa shape index (κ3) is 6.74. The Morgan fingerprint density at radius 2 is 2.41 bits per heavy atom. The van der Waals surface area contributed by atoms with Gasteiger partial charge in [0.2, 0.25) is 5.90 Å². The van der Waals surface area contributed by atoms with Crippen molar-refractivity contribution in [3.8, 4) is 0 Å². The highest BCUT2D eigenvalue weighted by atomic mass is 19.1. The van der Waals surface area contributed by atoms with E-state index in [4.69, 9.17) is 10.5 Å². The first kappa shape index (κ1) is 17.5. The minimum absolute atomic E-state index is 0.176. The number of halogens is 1. The summed E-state index contributed by atoms with van der Waals surface area (Å²) in [6.45, 7) is 5.70. The van der Waals surface area contributed by atoms with Gasteiger partial charge in [-0.25, -0.2) is 24.4 Å². The molecule has 0 bridgehead atoms. The van der Waals surface area contributed by atoms with E-state index in [0.717, 1.165) is 18.3 Å². The van der Waals surface area contributed by atoms with Gasteiger partial charge in [-0.1, -0.05) is 18.7 Å². The standard InChI is InChI=1S/C15H20FN5O/c1-3-13(7-6-12(2)20-10-18-9-17)15-19-8-4-5-14(16)21-11-22-15/h3-4,8-11,14H,2,5-7H2,1H3,(H2,17,18,20)/b8-4+,13-3+,19-15-,21-11+. The number of ether oxygens (including phenoxy) is 1. The molecular formula is C15H20FN5O. The second-order valence-corrected chi connectivity index (χ2v) is 4.28. The molecule has 0 radical (unpaired) electrons. The van der Waals surface area contributed by atoms with Gasteiger partial charge in [0.15, 0.2) is 12.7 Å². The van der Waals surface area contributed by atoms with Gasteiger partial charge >= 0.3 is 0 Å². The quantitative estimate of drug-likeness (QED) is 0.465. The van der Waals surface area contributed by atoms with Crippen molar-refractivity contribution in [3.05, 3.63) is 36.2 Å². The Balaban J connectivity index is 2.67. The van der Waals surface area contributed by atoms with Crippen LogP contribution in [0.2, 0.25) is 0 Å². The van der Waals surface area contributed by atoms with Gasteiger partial charge in [0.1, 0.15) is 6.34 Å². The smallest absolute Gasteiger partial charge is 0.223 e. The highest BCUT2D eigenvalue weighted by Gasteiger charge is 2.09. The average Bonchev–Trinajstić information content (AvgIpc) is 2.61. The fourth-order valence-electron chi connectivity index (χ4n) is 1.56. The molecule has 1 heterocycles. The Bertz CT molecular complexity index is 546. The molecule has 1 aliphatic heterocycles. The van der Waals surface area contributed by atoms with Gasteiger partial charge in [-0.15, -0.1) is 0 Å². The maximum absolute atomic E-state index is 13.2. The number of alkyl halides is 1. The molecule has 6 nitrogen and oxygen atoms in total. The zero-order valence-electron chi connectivity index (χ0n) is 12.5. The van der Waals surface area contributed by atoms with Gasteiger partial charge in [-0.3, -0.25) is 0 Å². The number of hydrogen-bond donors (Lipinski definition) is 1. The van der Waals surface area contributed by atoms with E-state index >= 15 is 0 Å². The van der Waals surface area contributed by atoms with Gasteiger partial charge in [0.25, 0.3) is 0 Å². The molecular weight excluding hydrogens is 285 g/mol. The van der Waals surface area contributed by atoms with Gasteiger partial charge < -0.3 is 10.5 Å². The van der Waals surface area contributed by atoms with Crippen LogP contribution in [-0.2, 0) is 4.74 Å². The normalized spacial score (nSPS) is 24.9. The molecule has 0 aromatic rings. The van der Waals surface area contributed by atoms with E-state index < -0.39 is 6.30 Å². The topological polar surface area (TPSA) is 84.7 Å². The second kappa shape index (κ2) is 10.2. The first-order valence-corrected chi connectivity index (χ1v) is 6.81. The van der Waals surface area contributed by atoms with Crippen LogP contribution in [0.4, 0.5) is 4.39 Å². The molecule has 1 rings (SSSR count). The molecule has 1 aliphatic rings. The SMILES string of the molecule is C=C(CCC(=C\C)/C1=N/C=C/CC(F)/N=C/O1)N=CN=CN. The van der Waals surface area contributed by atoms with Crippen molar-refractivity contribution >= 4 is 25.0 Å². The summed E-state index contributed by atoms with van der Waals surface area (Å²) in [7, 11) is 0. The van der Waals surface area contributed by atoms with Crippen LogP contribution in [0.15, 0.2) is 56.2 Å². The molecule has 2 N–H and O–H groups in total. The fourth-order valence-corrected chi connectivity index (χ4v) is 1.56. The maximum Gasteiger partial charge on any atom is 0.223 e. The predicted octanol–water partition coefficient (Wildman–Crippen LogP) is 2.90. The second-order valence-electron chi connectivity index (χ2n) is 4.28. The minimum atomic E-state index is -1.31. The van der Waals surface area contributed by atoms with Crippen LogP contribution in [-0.4, -0.2) is 31.3 Å². The number of nitrogens with zero attached hydrogens (tertiary/aromatic N) is 4. The van der Waals surface area contributed by atoms with Crippen molar-refractivity contribution in [1.29, 1.82) is 0 Å². The number of nitrogens with two attached hydrogens (primary N) is 1. The van der Waals surface area contributed by atoms with E-state index in [1.807, 2.05) is 13.0 Å². The molecule has 118 valence electrons. The average molecular weight is 305 g/mol. The Morgan fingerprint density at radius 1 is 1.59 bits per heavy atom. The Labute approximate surface area is 129 Å². The van der Waals surface area contributed by atoms with E-state index in [-0.39, 0.29) is 6.42 Å². The molecule has 0 aliphatic carbocycles. The lowest BCUT2D eigenvalue weighted by molar-refractivity contribution is 0.346. The van der Waals surface area contributed by atoms with Crippen LogP contribution in [0, 0.1) is 0 Å². The molecule has 0 spiro atoms. The zero-order valence-corrected chi connectivity index (χ0v) is 12.5. The van der Waals surface area contributed by atoms with E-state index in [0.29, 0.717) is 24.4 Å². The molecule has 0 aromatic carbocycles. The first-order valence-electron chi connectivity index (χ1n) is 6.81. The first-order chi connectivity index (χ1) is 10.7. The van der Waals surface area contributed by atoms with Crippen molar-refractivity contribution in [2.45, 2.75) is 32.5 Å². The van der Waals surface area contributed by atoms with Crippen molar-refractivity contribution in [2.24, 2.45) is 25.7 Å². The van der Waals surface area contributed by atoms with E-state index in [1.54, 1.807) is 6.08 Å². The highest BCUT2D eigenvalue weighted by Crippen LogP contribution is 2.15. The molecule has 0 fully saturated rings. The molecule has 7 heteroatoms. The summed E-state index contributed by atoms with van der Waals surface area (Å²) >= 11 is 0. The van der Waals surface area contributed by atoms with Crippen molar-refractivity contribution in [3.63, 3.8) is 0 Å². The van der Waals surface area contributed by atoms with Crippen molar-refractivity contribution in [2.75, 3.05) is 0 Å². The summed E-state index contributed by atoms with van der Waals surface area (Å²) in [5, 5.41) is 0. The lowest BCUT2D eigenvalue weighted by Crippen LogP contribution is -2.08. The summed E-state index contributed by atoms with van der Waals surface area (Å²) in [6.07, 6.45) is 8.67. The number of aliphatic imine (C=N–C) groups is 4. The molecule has 0 aromatic heterocycles. The summed E-state index contributed by atoms with van der Waals surface area (Å²) in [4.78, 5) is 15.5. The molecule has 0 saturated heterocycles. The summed E-state index contributed by atoms with van der Waals surface area (Å²) in [5.74, 6) is 0.383. The van der Waals surface area contributed by atoms with Crippen molar-refractivity contribution < 1.29 is 9.13 Å². The molecule has 1 unspecified atom stereocenters. The van der Waals surface area contributed by atoms with Crippen LogP contribution >= 0.6 is 0 Å². The largest absolute Gasteiger partial charge is 0.427 e. The fraction of sp³-hybridized carbons (Fsp3) is 0.333. The lowest BCUT2D eigenvalue weighted by atomic mass is 10.1. The summed E-state index contributed by atoms with van der Waals surface area (Å²) < 4.78 is 18.5. The van der Waals surface area contributed by atoms with Crippen LogP contribution < -0.4 is 5.73 Å². The van der Waals surface area contributed by atoms with Crippen LogP contribution in [0.25, 0.3) is 0 Å². The van der Waals surface area contributed by atoms with E-state index in [2.05, 4.69) is 26.5 Å². The lowest BCUT2D eigenvalue weighted by Gasteiger charge is -2.08. The predicted molar refractivity (Wildman–Crippen MR) is 89.0 cm³/mol. The summed E-state index contributed by atoms with van der Waals surface area (Å²) in [5.41, 5.74) is 6.61. The van der Waals surface area contributed by atoms with Crippen LogP contribution in [0.1, 0.15) is 26.2 Å². The summed E-state index contributed by atoms with van der Waals surface area (Å²) in [6, 6.07) is 0. The van der Waals surface area contributed by atoms with Gasteiger partial charge in [0, 0.05) is 23.9 Å². The Morgan fingerprint density at radius 3 is 3.14 bits per heavy atom. The van der Waals surface area contributed by atoms with E-state index in [1.165, 1.54) is 12.5 Å². The van der Waals surface area contributed by atoms with E-state index in [9.17, 15) is 4.39 Å². The number of rotatable bonds is 6. The Hall–Kier alpha value is -2.57. The minimum Gasteiger partial charge on any atom is -0.427 e. The van der Waals surface area contributed by atoms with Gasteiger partial charge in [-0.2, -0.15) is 0 Å². The third-order valence-electron chi connectivity index (χ3n) is 2.71. The van der Waals surface area contributed by atoms with Gasteiger partial charge in [-0.05, 0) is 19.8 Å². The Kier molecular flexibility index (Phi) is 8.10. The molecule has 0 saturated carbocycles. The zero-order chi connectivity index (χ0) is 16.2. The number of hydrogen-bond acceptors (Lipinski definition) is 4. The monoisotopic (exact) mass is 305 g/mol. The molecule has 22 heavy (non-hydrogen) atoms. The van der Waals surface area contributed by atoms with Crippen molar-refractivity contribution in [1.82, 2.24) is 0 Å². The third-order valence-corrected chi connectivity index (χ3v) is 2.71. The highest BCUT2D eigenvalue weighted by molar-refractivity contribution is 5.97.